The molecule has 0 amide bonds. The van der Waals surface area contributed by atoms with E-state index < -0.39 is 10.0 Å². The number of sulfonamides is 1. The van der Waals surface area contributed by atoms with Crippen molar-refractivity contribution in [1.29, 1.82) is 0 Å². The molecule has 1 fully saturated rings. The second-order valence-corrected chi connectivity index (χ2v) is 10.2. The zero-order valence-corrected chi connectivity index (χ0v) is 19.4. The van der Waals surface area contributed by atoms with Gasteiger partial charge in [-0.3, -0.25) is 10.00 Å². The lowest BCUT2D eigenvalue weighted by Crippen LogP contribution is -2.47. The van der Waals surface area contributed by atoms with Gasteiger partial charge in [-0.05, 0) is 24.1 Å². The summed E-state index contributed by atoms with van der Waals surface area (Å²) in [7, 11) is -3.10. The maximum absolute atomic E-state index is 11.7. The number of nitrogens with zero attached hydrogens (tertiary/aromatic N) is 3. The van der Waals surface area contributed by atoms with Crippen LogP contribution < -0.4 is 0 Å². The first kappa shape index (κ1) is 22.1. The first-order valence-electron chi connectivity index (χ1n) is 10.5. The van der Waals surface area contributed by atoms with Crippen molar-refractivity contribution in [2.75, 3.05) is 38.3 Å². The van der Waals surface area contributed by atoms with E-state index >= 15 is 0 Å². The van der Waals surface area contributed by atoms with E-state index in [0.29, 0.717) is 19.0 Å². The first-order chi connectivity index (χ1) is 14.9. The van der Waals surface area contributed by atoms with Crippen molar-refractivity contribution < 1.29 is 8.42 Å². The van der Waals surface area contributed by atoms with Crippen LogP contribution in [0, 0.1) is 0 Å². The van der Waals surface area contributed by atoms with Crippen molar-refractivity contribution in [3.63, 3.8) is 0 Å². The van der Waals surface area contributed by atoms with Crippen molar-refractivity contribution in [2.24, 2.45) is 0 Å². The summed E-state index contributed by atoms with van der Waals surface area (Å²) in [4.78, 5) is 5.81. The Hall–Kier alpha value is -2.13. The number of aryl methyl sites for hydroxylation is 1. The summed E-state index contributed by atoms with van der Waals surface area (Å²) in [6, 6.07) is 8.55. The highest BCUT2D eigenvalue weighted by atomic mass is 35.5. The summed E-state index contributed by atoms with van der Waals surface area (Å²) in [6.45, 7) is 5.47. The minimum Gasteiger partial charge on any atom is -0.353 e. The number of halogens is 1. The molecule has 0 radical (unpaired) electrons. The normalized spacial score (nSPS) is 16.6. The Labute approximate surface area is 188 Å². The molecule has 2 aromatic heterocycles. The molecule has 7 nitrogen and oxygen atoms in total. The zero-order chi connectivity index (χ0) is 22.0. The van der Waals surface area contributed by atoms with Gasteiger partial charge in [0.1, 0.15) is 5.69 Å². The highest BCUT2D eigenvalue weighted by molar-refractivity contribution is 7.88. The van der Waals surface area contributed by atoms with Gasteiger partial charge in [-0.25, -0.2) is 8.42 Å². The van der Waals surface area contributed by atoms with Crippen molar-refractivity contribution in [1.82, 2.24) is 24.4 Å². The van der Waals surface area contributed by atoms with Gasteiger partial charge in [-0.1, -0.05) is 31.2 Å². The molecule has 4 rings (SSSR count). The average molecular weight is 462 g/mol. The van der Waals surface area contributed by atoms with E-state index in [1.807, 2.05) is 12.2 Å². The number of piperazine rings is 1. The van der Waals surface area contributed by atoms with E-state index in [1.54, 1.807) is 4.31 Å². The lowest BCUT2D eigenvalue weighted by Gasteiger charge is -2.33. The van der Waals surface area contributed by atoms with Gasteiger partial charge in [0.05, 0.1) is 11.9 Å². The van der Waals surface area contributed by atoms with Crippen LogP contribution in [0.5, 0.6) is 0 Å². The second kappa shape index (κ2) is 9.16. The smallest absolute Gasteiger partial charge is 0.211 e. The third kappa shape index (κ3) is 4.87. The van der Waals surface area contributed by atoms with Gasteiger partial charge in [0, 0.05) is 60.8 Å². The van der Waals surface area contributed by atoms with Gasteiger partial charge in [-0.2, -0.15) is 9.40 Å². The number of aromatic nitrogens is 3. The maximum Gasteiger partial charge on any atom is 0.211 e. The Balaban J connectivity index is 1.53. The topological polar surface area (TPSA) is 85.1 Å². The van der Waals surface area contributed by atoms with Gasteiger partial charge < -0.3 is 4.98 Å². The van der Waals surface area contributed by atoms with E-state index in [4.69, 9.17) is 11.6 Å². The number of hydrogen-bond donors (Lipinski definition) is 2. The van der Waals surface area contributed by atoms with E-state index in [1.165, 1.54) is 11.8 Å². The van der Waals surface area contributed by atoms with Crippen molar-refractivity contribution >= 4 is 38.6 Å². The third-order valence-corrected chi connectivity index (χ3v) is 7.24. The fraction of sp³-hybridized carbons (Fsp3) is 0.409. The second-order valence-electron chi connectivity index (χ2n) is 7.92. The molecule has 1 aliphatic rings. The number of hydrogen-bond acceptors (Lipinski definition) is 4. The number of aromatic amines is 2. The van der Waals surface area contributed by atoms with Gasteiger partial charge in [-0.15, -0.1) is 11.6 Å². The fourth-order valence-corrected chi connectivity index (χ4v) is 5.00. The molecule has 0 atom stereocenters. The number of benzene rings is 1. The molecule has 2 N–H and O–H groups in total. The number of allylic oxidation sites excluding steroid dienone is 1. The highest BCUT2D eigenvalue weighted by Gasteiger charge is 2.23. The van der Waals surface area contributed by atoms with E-state index in [2.05, 4.69) is 51.3 Å². The van der Waals surface area contributed by atoms with Gasteiger partial charge in [0.25, 0.3) is 0 Å². The molecule has 3 heterocycles. The van der Waals surface area contributed by atoms with Crippen LogP contribution in [0.15, 0.2) is 30.3 Å². The molecule has 0 unspecified atom stereocenters. The Morgan fingerprint density at radius 1 is 1.19 bits per heavy atom. The quantitative estimate of drug-likeness (QED) is 0.528. The molecule has 0 bridgehead atoms. The maximum atomic E-state index is 11.7. The van der Waals surface area contributed by atoms with Gasteiger partial charge in [0.15, 0.2) is 0 Å². The summed E-state index contributed by atoms with van der Waals surface area (Å²) < 4.78 is 25.0. The predicted molar refractivity (Wildman–Crippen MR) is 127 cm³/mol. The summed E-state index contributed by atoms with van der Waals surface area (Å²) in [5, 5.41) is 8.81. The van der Waals surface area contributed by atoms with Crippen molar-refractivity contribution in [2.45, 2.75) is 19.9 Å². The van der Waals surface area contributed by atoms with Crippen LogP contribution in [0.2, 0.25) is 0 Å². The van der Waals surface area contributed by atoms with Crippen LogP contribution >= 0.6 is 11.6 Å². The minimum atomic E-state index is -3.10. The molecule has 1 saturated heterocycles. The van der Waals surface area contributed by atoms with Crippen LogP contribution in [-0.4, -0.2) is 71.1 Å². The van der Waals surface area contributed by atoms with Crippen LogP contribution in [0.4, 0.5) is 0 Å². The summed E-state index contributed by atoms with van der Waals surface area (Å²) in [5.41, 5.74) is 6.29. The average Bonchev–Trinajstić information content (AvgIpc) is 3.35. The Bertz CT molecular complexity index is 1190. The Kier molecular flexibility index (Phi) is 6.52. The number of nitrogens with one attached hydrogen (secondary N) is 2. The molecular weight excluding hydrogens is 434 g/mol. The van der Waals surface area contributed by atoms with Crippen LogP contribution in [-0.2, 0) is 23.0 Å². The van der Waals surface area contributed by atoms with Gasteiger partial charge >= 0.3 is 0 Å². The van der Waals surface area contributed by atoms with Gasteiger partial charge in [0.2, 0.25) is 10.0 Å². The number of alkyl halides is 1. The predicted octanol–water partition coefficient (Wildman–Crippen LogP) is 3.45. The summed E-state index contributed by atoms with van der Waals surface area (Å²) in [6.07, 6.45) is 6.10. The Morgan fingerprint density at radius 3 is 2.65 bits per heavy atom. The standard InChI is InChI=1S/C22H28ClN5O2S/c1-3-19-18(5-4-8-23)22(26-25-19)21-14-17-7-6-16(13-20(17)24-21)15-27-9-11-28(12-10-27)31(2,29)30/h4-7,13-14,24H,3,8-12,15H2,1-2H3,(H,25,26)/b5-4-. The molecule has 31 heavy (non-hydrogen) atoms. The fourth-order valence-electron chi connectivity index (χ4n) is 4.08. The highest BCUT2D eigenvalue weighted by Crippen LogP contribution is 2.29. The first-order valence-corrected chi connectivity index (χ1v) is 12.9. The molecule has 9 heteroatoms. The molecule has 1 aromatic carbocycles. The van der Waals surface area contributed by atoms with E-state index in [9.17, 15) is 8.42 Å². The van der Waals surface area contributed by atoms with E-state index in [0.717, 1.165) is 59.6 Å². The molecule has 1 aliphatic heterocycles. The van der Waals surface area contributed by atoms with Crippen LogP contribution in [0.1, 0.15) is 23.7 Å². The van der Waals surface area contributed by atoms with Crippen molar-refractivity contribution in [3.8, 4) is 11.4 Å². The van der Waals surface area contributed by atoms with Crippen LogP contribution in [0.25, 0.3) is 28.4 Å². The minimum absolute atomic E-state index is 0.461. The van der Waals surface area contributed by atoms with Crippen LogP contribution in [0.3, 0.4) is 0 Å². The molecule has 3 aromatic rings. The molecule has 0 saturated carbocycles. The lowest BCUT2D eigenvalue weighted by molar-refractivity contribution is 0.182. The summed E-state index contributed by atoms with van der Waals surface area (Å²) in [5.74, 6) is 0.461. The largest absolute Gasteiger partial charge is 0.353 e. The molecule has 0 aliphatic carbocycles. The lowest BCUT2D eigenvalue weighted by atomic mass is 10.1. The number of rotatable bonds is 7. The SMILES string of the molecule is CCc1[nH]nc(-c2cc3ccc(CN4CCN(S(C)(=O)=O)CC4)cc3[nH]2)c1/C=C\CCl. The summed E-state index contributed by atoms with van der Waals surface area (Å²) >= 11 is 5.84. The molecular formula is C22H28ClN5O2S. The van der Waals surface area contributed by atoms with E-state index in [-0.39, 0.29) is 0 Å². The monoisotopic (exact) mass is 461 g/mol. The third-order valence-electron chi connectivity index (χ3n) is 5.76. The number of H-pyrrole nitrogens is 2. The molecule has 166 valence electrons. The zero-order valence-electron chi connectivity index (χ0n) is 17.9. The van der Waals surface area contributed by atoms with Crippen molar-refractivity contribution in [3.05, 3.63) is 47.2 Å². The Morgan fingerprint density at radius 2 is 1.97 bits per heavy atom. The molecule has 0 spiro atoms. The number of fused-ring (bicyclic) bond motifs is 1.